The molecule has 0 saturated carbocycles. The highest BCUT2D eigenvalue weighted by molar-refractivity contribution is 9.10. The third-order valence-corrected chi connectivity index (χ3v) is 5.57. The molecule has 0 aliphatic carbocycles. The van der Waals surface area contributed by atoms with Gasteiger partial charge in [-0.2, -0.15) is 0 Å². The number of sulfone groups is 1. The summed E-state index contributed by atoms with van der Waals surface area (Å²) >= 11 is 9.04. The number of rotatable bonds is 6. The van der Waals surface area contributed by atoms with E-state index in [1.807, 2.05) is 24.3 Å². The van der Waals surface area contributed by atoms with Crippen LogP contribution in [-0.2, 0) is 26.0 Å². The van der Waals surface area contributed by atoms with Crippen LogP contribution in [0.1, 0.15) is 12.0 Å². The molecule has 122 valence electrons. The van der Waals surface area contributed by atoms with Crippen LogP contribution in [0.25, 0.3) is 0 Å². The normalized spacial score (nSPS) is 11.2. The molecule has 0 saturated heterocycles. The summed E-state index contributed by atoms with van der Waals surface area (Å²) in [6.45, 7) is 0.118. The molecule has 0 fully saturated rings. The second kappa shape index (κ2) is 7.95. The Morgan fingerprint density at radius 1 is 1.04 bits per heavy atom. The summed E-state index contributed by atoms with van der Waals surface area (Å²) in [5, 5.41) is 0.456. The van der Waals surface area contributed by atoms with Gasteiger partial charge in [0.1, 0.15) is 6.61 Å². The maximum Gasteiger partial charge on any atom is 0.307 e. The summed E-state index contributed by atoms with van der Waals surface area (Å²) in [6, 6.07) is 13.2. The fourth-order valence-corrected chi connectivity index (χ4v) is 3.41. The second-order valence-corrected chi connectivity index (χ2v) is 8.27. The fourth-order valence-electron chi connectivity index (χ4n) is 1.79. The van der Waals surface area contributed by atoms with Gasteiger partial charge in [0.25, 0.3) is 0 Å². The molecule has 2 aromatic rings. The summed E-state index contributed by atoms with van der Waals surface area (Å²) in [5.74, 6) is -0.848. The van der Waals surface area contributed by atoms with Crippen molar-refractivity contribution in [2.24, 2.45) is 0 Å². The summed E-state index contributed by atoms with van der Waals surface area (Å²) in [4.78, 5) is 11.8. The highest BCUT2D eigenvalue weighted by Crippen LogP contribution is 2.16. The molecule has 4 nitrogen and oxygen atoms in total. The number of halogens is 2. The van der Waals surface area contributed by atoms with Crippen molar-refractivity contribution in [2.45, 2.75) is 17.9 Å². The zero-order chi connectivity index (χ0) is 16.9. The minimum atomic E-state index is -3.53. The van der Waals surface area contributed by atoms with Crippen LogP contribution in [0, 0.1) is 0 Å². The highest BCUT2D eigenvalue weighted by atomic mass is 79.9. The topological polar surface area (TPSA) is 60.4 Å². The number of carbonyl (C=O) groups excluding carboxylic acids is 1. The van der Waals surface area contributed by atoms with Crippen molar-refractivity contribution >= 4 is 43.3 Å². The molecular weight excluding hydrogens is 404 g/mol. The molecule has 0 radical (unpaired) electrons. The van der Waals surface area contributed by atoms with E-state index < -0.39 is 15.8 Å². The van der Waals surface area contributed by atoms with E-state index in [-0.39, 0.29) is 23.7 Å². The van der Waals surface area contributed by atoms with Gasteiger partial charge in [-0.15, -0.1) is 0 Å². The number of esters is 1. The van der Waals surface area contributed by atoms with Crippen LogP contribution < -0.4 is 0 Å². The van der Waals surface area contributed by atoms with Gasteiger partial charge >= 0.3 is 5.97 Å². The van der Waals surface area contributed by atoms with Crippen LogP contribution in [0.3, 0.4) is 0 Å². The van der Waals surface area contributed by atoms with E-state index in [0.29, 0.717) is 5.02 Å². The third kappa shape index (κ3) is 5.64. The Morgan fingerprint density at radius 3 is 2.26 bits per heavy atom. The Balaban J connectivity index is 1.86. The van der Waals surface area contributed by atoms with E-state index in [9.17, 15) is 13.2 Å². The van der Waals surface area contributed by atoms with Gasteiger partial charge in [0.15, 0.2) is 9.84 Å². The average Bonchev–Trinajstić information content (AvgIpc) is 2.53. The summed E-state index contributed by atoms with van der Waals surface area (Å²) < 4.78 is 30.2. The molecule has 0 amide bonds. The SMILES string of the molecule is O=C(CCS(=O)(=O)c1ccc(Cl)cc1)OCc1ccc(Br)cc1. The molecule has 0 aliphatic rings. The molecule has 0 atom stereocenters. The molecule has 0 spiro atoms. The first kappa shape index (κ1) is 18.0. The minimum absolute atomic E-state index is 0.118. The molecule has 2 aromatic carbocycles. The highest BCUT2D eigenvalue weighted by Gasteiger charge is 2.17. The van der Waals surface area contributed by atoms with Gasteiger partial charge in [-0.3, -0.25) is 4.79 Å². The molecule has 0 aromatic heterocycles. The van der Waals surface area contributed by atoms with E-state index in [0.717, 1.165) is 10.0 Å². The van der Waals surface area contributed by atoms with E-state index in [4.69, 9.17) is 16.3 Å². The van der Waals surface area contributed by atoms with Crippen LogP contribution in [0.2, 0.25) is 5.02 Å². The molecular formula is C16H14BrClO4S. The molecule has 0 aliphatic heterocycles. The van der Waals surface area contributed by atoms with Gasteiger partial charge in [-0.1, -0.05) is 39.7 Å². The maximum absolute atomic E-state index is 12.1. The average molecular weight is 418 g/mol. The van der Waals surface area contributed by atoms with E-state index in [2.05, 4.69) is 15.9 Å². The first-order valence-electron chi connectivity index (χ1n) is 6.75. The van der Waals surface area contributed by atoms with Crippen LogP contribution in [0.15, 0.2) is 57.9 Å². The molecule has 2 rings (SSSR count). The Morgan fingerprint density at radius 2 is 1.65 bits per heavy atom. The van der Waals surface area contributed by atoms with Gasteiger partial charge in [-0.25, -0.2) is 8.42 Å². The monoisotopic (exact) mass is 416 g/mol. The number of hydrogen-bond donors (Lipinski definition) is 0. The lowest BCUT2D eigenvalue weighted by atomic mass is 10.2. The second-order valence-electron chi connectivity index (χ2n) is 4.81. The Kier molecular flexibility index (Phi) is 6.21. The first-order valence-corrected chi connectivity index (χ1v) is 9.57. The maximum atomic E-state index is 12.1. The largest absolute Gasteiger partial charge is 0.461 e. The van der Waals surface area contributed by atoms with Crippen molar-refractivity contribution in [3.8, 4) is 0 Å². The van der Waals surface area contributed by atoms with Crippen LogP contribution in [0.4, 0.5) is 0 Å². The Bertz CT molecular complexity index is 771. The van der Waals surface area contributed by atoms with Gasteiger partial charge in [0.2, 0.25) is 0 Å². The van der Waals surface area contributed by atoms with Crippen LogP contribution >= 0.6 is 27.5 Å². The molecule has 0 heterocycles. The Hall–Kier alpha value is -1.37. The van der Waals surface area contributed by atoms with Crippen molar-refractivity contribution in [3.63, 3.8) is 0 Å². The lowest BCUT2D eigenvalue weighted by Crippen LogP contribution is -2.13. The Labute approximate surface area is 148 Å². The molecule has 7 heteroatoms. The van der Waals surface area contributed by atoms with E-state index >= 15 is 0 Å². The molecule has 23 heavy (non-hydrogen) atoms. The van der Waals surface area contributed by atoms with Gasteiger partial charge in [0, 0.05) is 9.50 Å². The van der Waals surface area contributed by atoms with Crippen molar-refractivity contribution < 1.29 is 17.9 Å². The summed E-state index contributed by atoms with van der Waals surface area (Å²) in [7, 11) is -3.53. The first-order chi connectivity index (χ1) is 10.9. The predicted octanol–water partition coefficient (Wildman–Crippen LogP) is 4.01. The number of ether oxygens (including phenoxy) is 1. The predicted molar refractivity (Wildman–Crippen MR) is 92.1 cm³/mol. The minimum Gasteiger partial charge on any atom is -0.461 e. The van der Waals surface area contributed by atoms with Gasteiger partial charge < -0.3 is 4.74 Å². The standard InChI is InChI=1S/C16H14BrClO4S/c17-13-3-1-12(2-4-13)11-22-16(19)9-10-23(20,21)15-7-5-14(18)6-8-15/h1-8H,9-11H2. The molecule has 0 bridgehead atoms. The third-order valence-electron chi connectivity index (χ3n) is 3.06. The molecule has 0 unspecified atom stereocenters. The van der Waals surface area contributed by atoms with Gasteiger partial charge in [0.05, 0.1) is 17.1 Å². The zero-order valence-electron chi connectivity index (χ0n) is 12.0. The van der Waals surface area contributed by atoms with Crippen molar-refractivity contribution in [2.75, 3.05) is 5.75 Å². The van der Waals surface area contributed by atoms with Crippen LogP contribution in [0.5, 0.6) is 0 Å². The van der Waals surface area contributed by atoms with Crippen molar-refractivity contribution in [1.29, 1.82) is 0 Å². The lowest BCUT2D eigenvalue weighted by molar-refractivity contribution is -0.144. The quantitative estimate of drug-likeness (QED) is 0.666. The smallest absolute Gasteiger partial charge is 0.307 e. The summed E-state index contributed by atoms with van der Waals surface area (Å²) in [5.41, 5.74) is 0.835. The van der Waals surface area contributed by atoms with Gasteiger partial charge in [-0.05, 0) is 42.0 Å². The van der Waals surface area contributed by atoms with Crippen molar-refractivity contribution in [3.05, 3.63) is 63.6 Å². The number of carbonyl (C=O) groups is 1. The number of hydrogen-bond acceptors (Lipinski definition) is 4. The van der Waals surface area contributed by atoms with E-state index in [1.165, 1.54) is 24.3 Å². The molecule has 0 N–H and O–H groups in total. The van der Waals surface area contributed by atoms with Crippen molar-refractivity contribution in [1.82, 2.24) is 0 Å². The zero-order valence-corrected chi connectivity index (χ0v) is 15.2. The van der Waals surface area contributed by atoms with Crippen LogP contribution in [-0.4, -0.2) is 20.1 Å². The fraction of sp³-hybridized carbons (Fsp3) is 0.188. The lowest BCUT2D eigenvalue weighted by Gasteiger charge is -2.06. The number of benzene rings is 2. The summed E-state index contributed by atoms with van der Waals surface area (Å²) in [6.07, 6.45) is -0.193. The van der Waals surface area contributed by atoms with E-state index in [1.54, 1.807) is 0 Å².